The molecule has 1 fully saturated rings. The van der Waals surface area contributed by atoms with Crippen molar-refractivity contribution in [2.75, 3.05) is 13.2 Å². The van der Waals surface area contributed by atoms with E-state index in [1.807, 2.05) is 30.3 Å². The molecule has 0 spiro atoms. The Bertz CT molecular complexity index is 520. The predicted molar refractivity (Wildman–Crippen MR) is 80.2 cm³/mol. The second kappa shape index (κ2) is 7.59. The highest BCUT2D eigenvalue weighted by Crippen LogP contribution is 2.11. The zero-order chi connectivity index (χ0) is 15.1. The van der Waals surface area contributed by atoms with E-state index in [-0.39, 0.29) is 23.6 Å². The van der Waals surface area contributed by atoms with E-state index in [0.29, 0.717) is 6.54 Å². The fourth-order valence-corrected chi connectivity index (χ4v) is 2.17. The van der Waals surface area contributed by atoms with E-state index in [9.17, 15) is 9.59 Å². The molecule has 5 nitrogen and oxygen atoms in total. The van der Waals surface area contributed by atoms with E-state index in [1.165, 1.54) is 6.92 Å². The predicted octanol–water partition coefficient (Wildman–Crippen LogP) is 1.46. The Kier molecular flexibility index (Phi) is 5.51. The van der Waals surface area contributed by atoms with Crippen molar-refractivity contribution in [2.45, 2.75) is 25.9 Å². The smallest absolute Gasteiger partial charge is 0.267 e. The first-order valence-electron chi connectivity index (χ1n) is 7.09. The van der Waals surface area contributed by atoms with E-state index in [0.717, 1.165) is 25.0 Å². The largest absolute Gasteiger partial charge is 0.376 e. The third kappa shape index (κ3) is 5.04. The summed E-state index contributed by atoms with van der Waals surface area (Å²) in [5.74, 6) is -0.575. The van der Waals surface area contributed by atoms with Crippen molar-refractivity contribution < 1.29 is 14.3 Å². The molecule has 2 N–H and O–H groups in total. The Morgan fingerprint density at radius 1 is 1.33 bits per heavy atom. The number of hydrogen-bond acceptors (Lipinski definition) is 3. The highest BCUT2D eigenvalue weighted by atomic mass is 16.5. The van der Waals surface area contributed by atoms with Gasteiger partial charge in [-0.15, -0.1) is 0 Å². The fourth-order valence-electron chi connectivity index (χ4n) is 2.17. The van der Waals surface area contributed by atoms with Gasteiger partial charge < -0.3 is 15.4 Å². The average molecular weight is 288 g/mol. The van der Waals surface area contributed by atoms with Crippen LogP contribution in [0.4, 0.5) is 0 Å². The van der Waals surface area contributed by atoms with Crippen molar-refractivity contribution in [1.29, 1.82) is 0 Å². The molecule has 5 heteroatoms. The molecule has 0 aromatic heterocycles. The molecule has 1 unspecified atom stereocenters. The van der Waals surface area contributed by atoms with Gasteiger partial charge in [-0.3, -0.25) is 9.59 Å². The molecule has 0 saturated carbocycles. The zero-order valence-corrected chi connectivity index (χ0v) is 12.1. The molecular formula is C16H20N2O3. The van der Waals surface area contributed by atoms with Crippen LogP contribution in [-0.2, 0) is 14.3 Å². The van der Waals surface area contributed by atoms with Crippen molar-refractivity contribution in [3.63, 3.8) is 0 Å². The Morgan fingerprint density at radius 2 is 2.10 bits per heavy atom. The second-order valence-electron chi connectivity index (χ2n) is 4.99. The average Bonchev–Trinajstić information content (AvgIpc) is 2.98. The first-order valence-corrected chi connectivity index (χ1v) is 7.09. The molecule has 1 heterocycles. The molecule has 1 aliphatic heterocycles. The van der Waals surface area contributed by atoms with Gasteiger partial charge in [-0.05, 0) is 24.5 Å². The van der Waals surface area contributed by atoms with Crippen molar-refractivity contribution in [3.05, 3.63) is 41.6 Å². The highest BCUT2D eigenvalue weighted by molar-refractivity contribution is 6.00. The van der Waals surface area contributed by atoms with Crippen LogP contribution in [0.1, 0.15) is 25.3 Å². The van der Waals surface area contributed by atoms with Crippen LogP contribution in [0.25, 0.3) is 6.08 Å². The maximum absolute atomic E-state index is 12.2. The zero-order valence-electron chi connectivity index (χ0n) is 12.1. The molecule has 1 saturated heterocycles. The number of rotatable bonds is 5. The summed E-state index contributed by atoms with van der Waals surface area (Å²) in [6.45, 7) is 2.59. The summed E-state index contributed by atoms with van der Waals surface area (Å²) < 4.78 is 5.46. The van der Waals surface area contributed by atoms with Gasteiger partial charge in [-0.2, -0.15) is 0 Å². The van der Waals surface area contributed by atoms with Crippen LogP contribution in [0.3, 0.4) is 0 Å². The third-order valence-corrected chi connectivity index (χ3v) is 3.18. The van der Waals surface area contributed by atoms with Crippen LogP contribution in [0, 0.1) is 0 Å². The molecule has 21 heavy (non-hydrogen) atoms. The van der Waals surface area contributed by atoms with E-state index in [2.05, 4.69) is 10.6 Å². The van der Waals surface area contributed by atoms with Crippen molar-refractivity contribution >= 4 is 17.9 Å². The summed E-state index contributed by atoms with van der Waals surface area (Å²) in [5.41, 5.74) is 1.10. The first-order chi connectivity index (χ1) is 10.1. The molecule has 1 aromatic carbocycles. The second-order valence-corrected chi connectivity index (χ2v) is 4.99. The van der Waals surface area contributed by atoms with E-state index >= 15 is 0 Å². The molecule has 1 atom stereocenters. The summed E-state index contributed by atoms with van der Waals surface area (Å²) in [7, 11) is 0. The summed E-state index contributed by atoms with van der Waals surface area (Å²) in [4.78, 5) is 23.4. The van der Waals surface area contributed by atoms with Gasteiger partial charge in [0.2, 0.25) is 5.91 Å². The third-order valence-electron chi connectivity index (χ3n) is 3.18. The molecule has 0 radical (unpaired) electrons. The van der Waals surface area contributed by atoms with Crippen LogP contribution in [-0.4, -0.2) is 31.1 Å². The standard InChI is InChI=1S/C16H20N2O3/c1-12(19)18-15(10-13-6-3-2-4-7-13)16(20)17-11-14-8-5-9-21-14/h2-4,6-7,10,14H,5,8-9,11H2,1H3,(H,17,20)(H,18,19). The molecule has 112 valence electrons. The number of carbonyl (C=O) groups is 2. The van der Waals surface area contributed by atoms with Crippen LogP contribution >= 0.6 is 0 Å². The molecule has 0 aliphatic carbocycles. The number of nitrogens with one attached hydrogen (secondary N) is 2. The quantitative estimate of drug-likeness (QED) is 0.806. The lowest BCUT2D eigenvalue weighted by Gasteiger charge is -2.13. The van der Waals surface area contributed by atoms with Crippen LogP contribution in [0.15, 0.2) is 36.0 Å². The minimum atomic E-state index is -0.301. The molecular weight excluding hydrogens is 268 g/mol. The Hall–Kier alpha value is -2.14. The van der Waals surface area contributed by atoms with Crippen molar-refractivity contribution in [2.24, 2.45) is 0 Å². The van der Waals surface area contributed by atoms with Gasteiger partial charge in [-0.1, -0.05) is 30.3 Å². The van der Waals surface area contributed by atoms with E-state index in [1.54, 1.807) is 6.08 Å². The minimum absolute atomic E-state index is 0.0734. The van der Waals surface area contributed by atoms with E-state index < -0.39 is 0 Å². The fraction of sp³-hybridized carbons (Fsp3) is 0.375. The maximum atomic E-state index is 12.2. The van der Waals surface area contributed by atoms with Crippen LogP contribution < -0.4 is 10.6 Å². The topological polar surface area (TPSA) is 67.4 Å². The summed E-state index contributed by atoms with van der Waals surface area (Å²) >= 11 is 0. The minimum Gasteiger partial charge on any atom is -0.376 e. The van der Waals surface area contributed by atoms with E-state index in [4.69, 9.17) is 4.74 Å². The van der Waals surface area contributed by atoms with Gasteiger partial charge in [0, 0.05) is 20.1 Å². The van der Waals surface area contributed by atoms with Gasteiger partial charge in [0.25, 0.3) is 5.91 Å². The van der Waals surface area contributed by atoms with Crippen LogP contribution in [0.2, 0.25) is 0 Å². The van der Waals surface area contributed by atoms with Gasteiger partial charge >= 0.3 is 0 Å². The summed E-state index contributed by atoms with van der Waals surface area (Å²) in [5, 5.41) is 5.38. The van der Waals surface area contributed by atoms with Gasteiger partial charge in [0.15, 0.2) is 0 Å². The van der Waals surface area contributed by atoms with Crippen molar-refractivity contribution in [3.8, 4) is 0 Å². The Balaban J connectivity index is 2.02. The summed E-state index contributed by atoms with van der Waals surface area (Å²) in [6.07, 6.45) is 3.72. The molecule has 2 amide bonds. The van der Waals surface area contributed by atoms with Gasteiger partial charge in [0.1, 0.15) is 5.70 Å². The van der Waals surface area contributed by atoms with Gasteiger partial charge in [-0.25, -0.2) is 0 Å². The Morgan fingerprint density at radius 3 is 2.71 bits per heavy atom. The number of carbonyl (C=O) groups excluding carboxylic acids is 2. The molecule has 1 aliphatic rings. The Labute approximate surface area is 124 Å². The molecule has 1 aromatic rings. The number of ether oxygens (including phenoxy) is 1. The first kappa shape index (κ1) is 15.3. The lowest BCUT2D eigenvalue weighted by molar-refractivity contribution is -0.122. The number of amides is 2. The summed E-state index contributed by atoms with van der Waals surface area (Å²) in [6, 6.07) is 9.39. The number of hydrogen-bond donors (Lipinski definition) is 2. The monoisotopic (exact) mass is 288 g/mol. The van der Waals surface area contributed by atoms with Crippen molar-refractivity contribution in [1.82, 2.24) is 10.6 Å². The maximum Gasteiger partial charge on any atom is 0.267 e. The van der Waals surface area contributed by atoms with Crippen LogP contribution in [0.5, 0.6) is 0 Å². The lowest BCUT2D eigenvalue weighted by atomic mass is 10.2. The lowest BCUT2D eigenvalue weighted by Crippen LogP contribution is -2.37. The highest BCUT2D eigenvalue weighted by Gasteiger charge is 2.18. The normalized spacial score (nSPS) is 18.3. The molecule has 0 bridgehead atoms. The SMILES string of the molecule is CC(=O)NC(=Cc1ccccc1)C(=O)NCC1CCCO1. The number of benzene rings is 1. The molecule has 2 rings (SSSR count). The van der Waals surface area contributed by atoms with Gasteiger partial charge in [0.05, 0.1) is 6.10 Å².